The number of halogens is 2. The average Bonchev–Trinajstić information content (AvgIpc) is 2.78. The summed E-state index contributed by atoms with van der Waals surface area (Å²) in [5.41, 5.74) is 0.650. The van der Waals surface area contributed by atoms with E-state index < -0.39 is 0 Å². The number of rotatable bonds is 4. The van der Waals surface area contributed by atoms with Crippen LogP contribution in [0.5, 0.6) is 5.75 Å². The Bertz CT molecular complexity index is 582. The van der Waals surface area contributed by atoms with Crippen LogP contribution in [0.4, 0.5) is 5.69 Å². The van der Waals surface area contributed by atoms with Crippen LogP contribution < -0.4 is 9.64 Å². The normalized spacial score (nSPS) is 18.2. The maximum atomic E-state index is 12.2. The highest BCUT2D eigenvalue weighted by Crippen LogP contribution is 2.39. The number of carbonyl (C=O) groups is 2. The largest absolute Gasteiger partial charge is 0.495 e. The van der Waals surface area contributed by atoms with Crippen molar-refractivity contribution in [2.75, 3.05) is 24.3 Å². The van der Waals surface area contributed by atoms with Crippen molar-refractivity contribution in [1.29, 1.82) is 0 Å². The molecule has 1 heterocycles. The van der Waals surface area contributed by atoms with Crippen LogP contribution in [0.25, 0.3) is 0 Å². The van der Waals surface area contributed by atoms with Crippen LogP contribution >= 0.6 is 39.3 Å². The van der Waals surface area contributed by atoms with Gasteiger partial charge in [0.15, 0.2) is 5.12 Å². The van der Waals surface area contributed by atoms with Crippen molar-refractivity contribution in [3.8, 4) is 5.75 Å². The third kappa shape index (κ3) is 3.93. The van der Waals surface area contributed by atoms with Gasteiger partial charge < -0.3 is 9.64 Å². The molecule has 4 nitrogen and oxygen atoms in total. The van der Waals surface area contributed by atoms with Crippen molar-refractivity contribution < 1.29 is 14.3 Å². The third-order valence-electron chi connectivity index (χ3n) is 3.24. The lowest BCUT2D eigenvalue weighted by molar-refractivity contribution is -0.117. The zero-order valence-corrected chi connectivity index (χ0v) is 14.8. The summed E-state index contributed by atoms with van der Waals surface area (Å²) >= 11 is 10.9. The Hall–Kier alpha value is -0.720. The van der Waals surface area contributed by atoms with Gasteiger partial charge in [0.05, 0.1) is 22.3 Å². The fourth-order valence-corrected chi connectivity index (χ4v) is 3.84. The topological polar surface area (TPSA) is 46.6 Å². The first-order valence-corrected chi connectivity index (χ1v) is 8.54. The Morgan fingerprint density at radius 3 is 2.90 bits per heavy atom. The van der Waals surface area contributed by atoms with Gasteiger partial charge in [-0.15, -0.1) is 0 Å². The number of carbonyl (C=O) groups excluding carboxylic acids is 2. The molecule has 7 heteroatoms. The number of hydrogen-bond donors (Lipinski definition) is 0. The van der Waals surface area contributed by atoms with E-state index in [1.54, 1.807) is 24.1 Å². The van der Waals surface area contributed by atoms with Crippen LogP contribution in [-0.2, 0) is 9.59 Å². The van der Waals surface area contributed by atoms with E-state index in [-0.39, 0.29) is 16.9 Å². The lowest BCUT2D eigenvalue weighted by Crippen LogP contribution is -2.25. The molecule has 0 saturated carbocycles. The lowest BCUT2D eigenvalue weighted by atomic mass is 10.1. The molecule has 1 fully saturated rings. The van der Waals surface area contributed by atoms with E-state index in [0.717, 1.165) is 4.47 Å². The Morgan fingerprint density at radius 2 is 2.29 bits per heavy atom. The molecule has 0 radical (unpaired) electrons. The van der Waals surface area contributed by atoms with Crippen molar-refractivity contribution in [2.24, 2.45) is 5.92 Å². The molecule has 0 N–H and O–H groups in total. The van der Waals surface area contributed by atoms with Gasteiger partial charge in [-0.1, -0.05) is 23.4 Å². The van der Waals surface area contributed by atoms with Crippen molar-refractivity contribution in [2.45, 2.75) is 13.3 Å². The number of benzene rings is 1. The molecule has 1 aromatic rings. The minimum atomic E-state index is 0.0235. The summed E-state index contributed by atoms with van der Waals surface area (Å²) in [4.78, 5) is 24.9. The summed E-state index contributed by atoms with van der Waals surface area (Å²) in [5, 5.41) is 0.570. The summed E-state index contributed by atoms with van der Waals surface area (Å²) < 4.78 is 5.99. The Labute approximate surface area is 141 Å². The van der Waals surface area contributed by atoms with E-state index >= 15 is 0 Å². The van der Waals surface area contributed by atoms with Gasteiger partial charge in [-0.25, -0.2) is 0 Å². The number of thioether (sulfide) groups is 1. The summed E-state index contributed by atoms with van der Waals surface area (Å²) in [6.07, 6.45) is 0.439. The van der Waals surface area contributed by atoms with Crippen LogP contribution in [-0.4, -0.2) is 30.4 Å². The Balaban J connectivity index is 2.18. The molecule has 1 aliphatic rings. The average molecular weight is 393 g/mol. The highest BCUT2D eigenvalue weighted by atomic mass is 79.9. The maximum absolute atomic E-state index is 12.2. The van der Waals surface area contributed by atoms with Crippen LogP contribution in [0.2, 0.25) is 5.02 Å². The molecule has 1 unspecified atom stereocenters. The number of hydrogen-bond acceptors (Lipinski definition) is 4. The molecule has 114 valence electrons. The molecular weight excluding hydrogens is 378 g/mol. The highest BCUT2D eigenvalue weighted by molar-refractivity contribution is 9.10. The van der Waals surface area contributed by atoms with Gasteiger partial charge in [0.1, 0.15) is 5.75 Å². The van der Waals surface area contributed by atoms with Crippen molar-refractivity contribution in [1.82, 2.24) is 0 Å². The van der Waals surface area contributed by atoms with E-state index in [1.165, 1.54) is 18.7 Å². The molecule has 1 aliphatic heterocycles. The fraction of sp³-hybridized carbons (Fsp3) is 0.429. The van der Waals surface area contributed by atoms with Crippen molar-refractivity contribution in [3.63, 3.8) is 0 Å². The van der Waals surface area contributed by atoms with Crippen LogP contribution in [0, 0.1) is 5.92 Å². The van der Waals surface area contributed by atoms with Gasteiger partial charge in [-0.3, -0.25) is 9.59 Å². The van der Waals surface area contributed by atoms with Crippen LogP contribution in [0.3, 0.4) is 0 Å². The molecule has 0 spiro atoms. The first kappa shape index (κ1) is 16.6. The zero-order chi connectivity index (χ0) is 15.6. The molecule has 0 bridgehead atoms. The molecule has 1 amide bonds. The van der Waals surface area contributed by atoms with Crippen LogP contribution in [0.1, 0.15) is 13.3 Å². The fourth-order valence-electron chi connectivity index (χ4n) is 2.24. The van der Waals surface area contributed by atoms with Gasteiger partial charge in [0, 0.05) is 31.7 Å². The van der Waals surface area contributed by atoms with Gasteiger partial charge in [0.2, 0.25) is 5.91 Å². The van der Waals surface area contributed by atoms with Crippen molar-refractivity contribution in [3.05, 3.63) is 21.6 Å². The molecule has 2 rings (SSSR count). The third-order valence-corrected chi connectivity index (χ3v) is 5.21. The predicted molar refractivity (Wildman–Crippen MR) is 89.3 cm³/mol. The molecule has 0 aliphatic carbocycles. The van der Waals surface area contributed by atoms with E-state index in [2.05, 4.69) is 15.9 Å². The number of anilines is 1. The van der Waals surface area contributed by atoms with Gasteiger partial charge in [-0.05, 0) is 27.9 Å². The van der Waals surface area contributed by atoms with Gasteiger partial charge >= 0.3 is 0 Å². The molecule has 1 aromatic carbocycles. The minimum Gasteiger partial charge on any atom is -0.495 e. The van der Waals surface area contributed by atoms with E-state index in [1.807, 2.05) is 0 Å². The zero-order valence-electron chi connectivity index (χ0n) is 11.7. The second-order valence-electron chi connectivity index (χ2n) is 4.82. The van der Waals surface area contributed by atoms with Crippen molar-refractivity contribution >= 4 is 56.0 Å². The molecule has 1 saturated heterocycles. The lowest BCUT2D eigenvalue weighted by Gasteiger charge is -2.19. The summed E-state index contributed by atoms with van der Waals surface area (Å²) in [5.74, 6) is 1.47. The first-order valence-electron chi connectivity index (χ1n) is 6.39. The Morgan fingerprint density at radius 1 is 1.57 bits per heavy atom. The van der Waals surface area contributed by atoms with E-state index in [0.29, 0.717) is 35.2 Å². The monoisotopic (exact) mass is 391 g/mol. The predicted octanol–water partition coefficient (Wildman–Crippen LogP) is 3.74. The number of amides is 1. The standard InChI is InChI=1S/C14H15BrClNO3S/c1-8(18)21-7-9-3-14(19)17(6-9)12-5-13(20-2)10(15)4-11(12)16/h4-5,9H,3,6-7H2,1-2H3. The molecular formula is C14H15BrClNO3S. The smallest absolute Gasteiger partial charge is 0.227 e. The molecule has 1 atom stereocenters. The second kappa shape index (κ2) is 7.03. The SMILES string of the molecule is COc1cc(N2CC(CSC(C)=O)CC2=O)c(Cl)cc1Br. The number of methoxy groups -OCH3 is 1. The minimum absolute atomic E-state index is 0.0235. The first-order chi connectivity index (χ1) is 9.92. The Kier molecular flexibility index (Phi) is 5.57. The van der Waals surface area contributed by atoms with E-state index in [9.17, 15) is 9.59 Å². The number of ether oxygens (including phenoxy) is 1. The second-order valence-corrected chi connectivity index (χ2v) is 7.27. The summed E-state index contributed by atoms with van der Waals surface area (Å²) in [6.45, 7) is 2.11. The van der Waals surface area contributed by atoms with Gasteiger partial charge in [0.25, 0.3) is 0 Å². The highest BCUT2D eigenvalue weighted by Gasteiger charge is 2.32. The maximum Gasteiger partial charge on any atom is 0.227 e. The van der Waals surface area contributed by atoms with Crippen LogP contribution in [0.15, 0.2) is 16.6 Å². The van der Waals surface area contributed by atoms with E-state index in [4.69, 9.17) is 16.3 Å². The summed E-state index contributed by atoms with van der Waals surface area (Å²) in [7, 11) is 1.57. The summed E-state index contributed by atoms with van der Waals surface area (Å²) in [6, 6.07) is 3.48. The quantitative estimate of drug-likeness (QED) is 0.783. The number of nitrogens with zero attached hydrogens (tertiary/aromatic N) is 1. The molecule has 21 heavy (non-hydrogen) atoms. The molecule has 0 aromatic heterocycles. The van der Waals surface area contributed by atoms with Gasteiger partial charge in [-0.2, -0.15) is 0 Å².